The van der Waals surface area contributed by atoms with Crippen molar-refractivity contribution in [2.24, 2.45) is 0 Å². The quantitative estimate of drug-likeness (QED) is 0.0820. The summed E-state index contributed by atoms with van der Waals surface area (Å²) in [7, 11) is 0.859. The van der Waals surface area contributed by atoms with Crippen molar-refractivity contribution >= 4 is 27.6 Å². The summed E-state index contributed by atoms with van der Waals surface area (Å²) in [4.78, 5) is 0. The van der Waals surface area contributed by atoms with Crippen molar-refractivity contribution in [3.05, 3.63) is 35.4 Å². The molecule has 0 saturated heterocycles. The summed E-state index contributed by atoms with van der Waals surface area (Å²) in [5.74, 6) is 0. The summed E-state index contributed by atoms with van der Waals surface area (Å²) in [5.41, 5.74) is 0.420. The van der Waals surface area contributed by atoms with Gasteiger partial charge in [-0.25, -0.2) is 0 Å². The number of rotatable bonds is 24. The molecule has 226 valence electrons. The molecule has 0 aliphatic rings. The van der Waals surface area contributed by atoms with Gasteiger partial charge in [0.05, 0.1) is 0 Å². The van der Waals surface area contributed by atoms with E-state index in [4.69, 9.17) is 0 Å². The first kappa shape index (κ1) is 38.2. The van der Waals surface area contributed by atoms with Gasteiger partial charge in [-0.2, -0.15) is 0 Å². The largest absolute Gasteiger partial charge is 0.147 e. The van der Waals surface area contributed by atoms with Gasteiger partial charge in [-0.1, -0.05) is 0 Å². The third kappa shape index (κ3) is 18.5. The van der Waals surface area contributed by atoms with E-state index in [9.17, 15) is 13.2 Å². The fraction of sp³-hybridized carbons (Fsp3) is 0.812. The van der Waals surface area contributed by atoms with E-state index in [1.54, 1.807) is 6.07 Å². The Morgan fingerprint density at radius 1 is 0.605 bits per heavy atom. The summed E-state index contributed by atoms with van der Waals surface area (Å²) < 4.78 is 40.0. The molecule has 0 amide bonds. The zero-order valence-electron chi connectivity index (χ0n) is 24.9. The average molecular weight is 599 g/mol. The standard InChI is InChI=1S/C32H59F3P2.ClH/c1-4-7-10-13-16-19-25-37(26-20-17-14-11-8-5-2,27-21-18-15-12-9-6-3)36-29-30-23-22-24-31(28-30)32(33,34)35;/h22-24,28,36-37H,4-21,25-27,29H2,1-3H3;1H. The van der Waals surface area contributed by atoms with Crippen LogP contribution in [-0.4, -0.2) is 18.5 Å². The minimum Gasteiger partial charge on any atom is -0.147 e. The number of hydrogen-bond acceptors (Lipinski definition) is 0. The van der Waals surface area contributed by atoms with Gasteiger partial charge in [0.1, 0.15) is 0 Å². The first-order chi connectivity index (χ1) is 17.9. The third-order valence-electron chi connectivity index (χ3n) is 7.95. The topological polar surface area (TPSA) is 0 Å². The van der Waals surface area contributed by atoms with Crippen LogP contribution in [0.25, 0.3) is 0 Å². The molecule has 0 aromatic heterocycles. The van der Waals surface area contributed by atoms with Crippen LogP contribution in [0, 0.1) is 0 Å². The minimum atomic E-state index is -4.25. The molecule has 0 heterocycles. The molecule has 0 nitrogen and oxygen atoms in total. The van der Waals surface area contributed by atoms with Crippen LogP contribution in [0.3, 0.4) is 0 Å². The Balaban J connectivity index is 0.0000137. The second-order valence-electron chi connectivity index (χ2n) is 11.4. The Kier molecular flexibility index (Phi) is 23.9. The van der Waals surface area contributed by atoms with Crippen LogP contribution >= 0.6 is 27.6 Å². The number of benzene rings is 1. The van der Waals surface area contributed by atoms with Gasteiger partial charge in [-0.3, -0.25) is 0 Å². The molecule has 1 aromatic rings. The van der Waals surface area contributed by atoms with Gasteiger partial charge in [0.25, 0.3) is 0 Å². The predicted molar refractivity (Wildman–Crippen MR) is 174 cm³/mol. The smallest absolute Gasteiger partial charge is 0.147 e. The van der Waals surface area contributed by atoms with E-state index in [1.807, 2.05) is 6.07 Å². The van der Waals surface area contributed by atoms with Crippen molar-refractivity contribution in [3.63, 3.8) is 0 Å². The van der Waals surface area contributed by atoms with Gasteiger partial charge in [-0.15, -0.1) is 12.4 Å². The zero-order valence-corrected chi connectivity index (χ0v) is 27.7. The van der Waals surface area contributed by atoms with Crippen LogP contribution in [0.1, 0.15) is 147 Å². The summed E-state index contributed by atoms with van der Waals surface area (Å²) in [5, 5.41) is 0. The van der Waals surface area contributed by atoms with Gasteiger partial charge in [0.2, 0.25) is 0 Å². The maximum Gasteiger partial charge on any atom is -0.147 e. The van der Waals surface area contributed by atoms with E-state index in [0.29, 0.717) is 0 Å². The molecule has 0 N–H and O–H groups in total. The number of halogens is 4. The SMILES string of the molecule is CCCCCCCC[PH](CCCCCCCC)(CCCCCCCC)PCc1cccc(C(F)(F)F)c1.Cl. The second-order valence-corrected chi connectivity index (χ2v) is 20.4. The Hall–Kier alpha value is 0.160. The van der Waals surface area contributed by atoms with Crippen LogP contribution in [0.2, 0.25) is 0 Å². The van der Waals surface area contributed by atoms with Gasteiger partial charge in [0, 0.05) is 0 Å². The van der Waals surface area contributed by atoms with Crippen molar-refractivity contribution < 1.29 is 13.2 Å². The van der Waals surface area contributed by atoms with Gasteiger partial charge >= 0.3 is 231 Å². The van der Waals surface area contributed by atoms with Crippen molar-refractivity contribution in [2.45, 2.75) is 149 Å². The van der Waals surface area contributed by atoms with Crippen LogP contribution in [0.5, 0.6) is 0 Å². The molecule has 1 unspecified atom stereocenters. The van der Waals surface area contributed by atoms with Crippen molar-refractivity contribution in [3.8, 4) is 0 Å². The summed E-state index contributed by atoms with van der Waals surface area (Å²) >= 11 is 0. The van der Waals surface area contributed by atoms with Gasteiger partial charge in [-0.05, 0) is 0 Å². The molecule has 1 atom stereocenters. The molecule has 38 heavy (non-hydrogen) atoms. The average Bonchev–Trinajstić information content (AvgIpc) is 2.88. The maximum atomic E-state index is 13.3. The van der Waals surface area contributed by atoms with Crippen LogP contribution in [-0.2, 0) is 12.3 Å². The first-order valence-corrected chi connectivity index (χ1v) is 20.6. The molecule has 0 spiro atoms. The fourth-order valence-corrected chi connectivity index (χ4v) is 15.3. The maximum absolute atomic E-state index is 13.3. The number of hydrogen-bond donors (Lipinski definition) is 0. The molecular formula is C32H60ClF3P2. The summed E-state index contributed by atoms with van der Waals surface area (Å²) in [6, 6.07) is 6.19. The molecule has 1 rings (SSSR count). The van der Waals surface area contributed by atoms with Crippen molar-refractivity contribution in [1.29, 1.82) is 0 Å². The Bertz CT molecular complexity index is 626. The van der Waals surface area contributed by atoms with Crippen LogP contribution in [0.15, 0.2) is 24.3 Å². The fourth-order valence-electron chi connectivity index (χ4n) is 5.52. The molecule has 0 radical (unpaired) electrons. The summed E-state index contributed by atoms with van der Waals surface area (Å²) in [6.45, 7) is 5.31. The molecule has 0 aliphatic heterocycles. The molecule has 0 aliphatic carbocycles. The van der Waals surface area contributed by atoms with Crippen LogP contribution in [0.4, 0.5) is 13.2 Å². The van der Waals surface area contributed by atoms with E-state index in [2.05, 4.69) is 20.8 Å². The molecule has 1 aromatic carbocycles. The molecule has 0 fully saturated rings. The molecular weight excluding hydrogens is 539 g/mol. The predicted octanol–water partition coefficient (Wildman–Crippen LogP) is 13.1. The van der Waals surface area contributed by atoms with Crippen LogP contribution < -0.4 is 0 Å². The second kappa shape index (κ2) is 23.8. The van der Waals surface area contributed by atoms with E-state index >= 15 is 0 Å². The zero-order chi connectivity index (χ0) is 27.2. The normalized spacial score (nSPS) is 12.8. The molecule has 0 saturated carbocycles. The summed E-state index contributed by atoms with van der Waals surface area (Å²) in [6.07, 6.45) is 24.9. The Morgan fingerprint density at radius 2 is 1.00 bits per heavy atom. The van der Waals surface area contributed by atoms with Gasteiger partial charge in [0.15, 0.2) is 0 Å². The first-order valence-electron chi connectivity index (χ1n) is 15.8. The monoisotopic (exact) mass is 598 g/mol. The molecule has 6 heteroatoms. The van der Waals surface area contributed by atoms with Crippen molar-refractivity contribution in [1.82, 2.24) is 0 Å². The number of unbranched alkanes of at least 4 members (excludes halogenated alkanes) is 15. The Labute approximate surface area is 242 Å². The Morgan fingerprint density at radius 3 is 1.39 bits per heavy atom. The van der Waals surface area contributed by atoms with E-state index < -0.39 is 18.7 Å². The van der Waals surface area contributed by atoms with E-state index in [1.165, 1.54) is 146 Å². The van der Waals surface area contributed by atoms with E-state index in [-0.39, 0.29) is 12.4 Å². The van der Waals surface area contributed by atoms with Crippen molar-refractivity contribution in [2.75, 3.05) is 18.5 Å². The molecule has 0 bridgehead atoms. The number of alkyl halides is 3. The van der Waals surface area contributed by atoms with Gasteiger partial charge < -0.3 is 0 Å². The van der Waals surface area contributed by atoms with E-state index in [0.717, 1.165) is 20.0 Å². The third-order valence-corrected chi connectivity index (χ3v) is 18.2. The minimum absolute atomic E-state index is 0.